The van der Waals surface area contributed by atoms with E-state index >= 15 is 0 Å². The minimum absolute atomic E-state index is 0.0415. The van der Waals surface area contributed by atoms with Crippen molar-refractivity contribution in [2.24, 2.45) is 0 Å². The quantitative estimate of drug-likeness (QED) is 0.876. The third-order valence-corrected chi connectivity index (χ3v) is 3.40. The minimum Gasteiger partial charge on any atom is -0.480 e. The van der Waals surface area contributed by atoms with Crippen LogP contribution in [0.4, 0.5) is 10.6 Å². The first kappa shape index (κ1) is 17.0. The fraction of sp³-hybridized carbons (Fsp3) is 0.600. The van der Waals surface area contributed by atoms with E-state index in [4.69, 9.17) is 4.74 Å². The molecule has 1 aliphatic heterocycles. The SMILES string of the molecule is Cc1ccc(N2CCN(C(=O)OC(C)(C)C)C[C@@H]2C(=O)O)nn1. The molecule has 1 saturated heterocycles. The Kier molecular flexibility index (Phi) is 4.72. The summed E-state index contributed by atoms with van der Waals surface area (Å²) in [5.41, 5.74) is 0.142. The van der Waals surface area contributed by atoms with Gasteiger partial charge in [-0.25, -0.2) is 9.59 Å². The molecule has 1 aromatic heterocycles. The zero-order valence-corrected chi connectivity index (χ0v) is 13.8. The van der Waals surface area contributed by atoms with E-state index in [0.717, 1.165) is 5.69 Å². The Morgan fingerprint density at radius 1 is 1.26 bits per heavy atom. The van der Waals surface area contributed by atoms with Crippen molar-refractivity contribution >= 4 is 17.9 Å². The average Bonchev–Trinajstić information content (AvgIpc) is 2.45. The molecular weight excluding hydrogens is 300 g/mol. The number of aromatic nitrogens is 2. The molecule has 1 fully saturated rings. The molecule has 2 rings (SSSR count). The molecule has 1 aromatic rings. The van der Waals surface area contributed by atoms with Crippen molar-refractivity contribution in [2.45, 2.75) is 39.3 Å². The van der Waals surface area contributed by atoms with E-state index in [2.05, 4.69) is 10.2 Å². The number of carboxylic acid groups (broad SMARTS) is 1. The van der Waals surface area contributed by atoms with Gasteiger partial charge in [-0.2, -0.15) is 5.10 Å². The molecule has 0 aliphatic carbocycles. The van der Waals surface area contributed by atoms with E-state index in [9.17, 15) is 14.7 Å². The lowest BCUT2D eigenvalue weighted by atomic mass is 10.1. The average molecular weight is 322 g/mol. The van der Waals surface area contributed by atoms with Gasteiger partial charge in [0, 0.05) is 13.1 Å². The van der Waals surface area contributed by atoms with E-state index in [-0.39, 0.29) is 6.54 Å². The number of aliphatic carboxylic acids is 1. The Balaban J connectivity index is 2.13. The maximum atomic E-state index is 12.1. The molecule has 1 atom stereocenters. The summed E-state index contributed by atoms with van der Waals surface area (Å²) in [7, 11) is 0. The standard InChI is InChI=1S/C15H22N4O4/c1-10-5-6-12(17-16-10)19-8-7-18(9-11(19)13(20)21)14(22)23-15(2,3)4/h5-6,11H,7-9H2,1-4H3,(H,20,21)/t11-/m1/s1. The van der Waals surface area contributed by atoms with Crippen LogP contribution in [0.3, 0.4) is 0 Å². The van der Waals surface area contributed by atoms with Gasteiger partial charge in [-0.1, -0.05) is 0 Å². The number of hydrogen-bond acceptors (Lipinski definition) is 6. The number of anilines is 1. The van der Waals surface area contributed by atoms with Crippen molar-refractivity contribution < 1.29 is 19.4 Å². The highest BCUT2D eigenvalue weighted by molar-refractivity contribution is 5.80. The van der Waals surface area contributed by atoms with Gasteiger partial charge in [-0.15, -0.1) is 5.10 Å². The van der Waals surface area contributed by atoms with E-state index in [0.29, 0.717) is 18.9 Å². The Bertz CT molecular complexity index is 582. The normalized spacial score (nSPS) is 18.7. The number of carbonyl (C=O) groups is 2. The smallest absolute Gasteiger partial charge is 0.410 e. The molecule has 0 spiro atoms. The lowest BCUT2D eigenvalue weighted by Gasteiger charge is -2.40. The second kappa shape index (κ2) is 6.39. The lowest BCUT2D eigenvalue weighted by Crippen LogP contribution is -2.58. The molecule has 1 amide bonds. The third kappa shape index (κ3) is 4.30. The molecule has 0 unspecified atom stereocenters. The number of rotatable bonds is 2. The maximum absolute atomic E-state index is 12.1. The summed E-state index contributed by atoms with van der Waals surface area (Å²) in [5.74, 6) is -0.521. The first-order valence-corrected chi connectivity index (χ1v) is 7.45. The zero-order valence-electron chi connectivity index (χ0n) is 13.8. The Labute approximate surface area is 135 Å². The second-order valence-corrected chi connectivity index (χ2v) is 6.51. The Hall–Kier alpha value is -2.38. The number of hydrogen-bond donors (Lipinski definition) is 1. The largest absolute Gasteiger partial charge is 0.480 e. The Morgan fingerprint density at radius 3 is 2.48 bits per heavy atom. The van der Waals surface area contributed by atoms with Crippen LogP contribution in [0.1, 0.15) is 26.5 Å². The molecular formula is C15H22N4O4. The van der Waals surface area contributed by atoms with E-state index in [1.807, 2.05) is 6.92 Å². The molecule has 8 heteroatoms. The van der Waals surface area contributed by atoms with Gasteiger partial charge in [-0.3, -0.25) is 0 Å². The molecule has 1 aliphatic rings. The van der Waals surface area contributed by atoms with Crippen LogP contribution in [0, 0.1) is 6.92 Å². The van der Waals surface area contributed by atoms with Crippen molar-refractivity contribution in [2.75, 3.05) is 24.5 Å². The summed E-state index contributed by atoms with van der Waals surface area (Å²) in [6, 6.07) is 2.64. The van der Waals surface area contributed by atoms with Gasteiger partial charge in [-0.05, 0) is 39.8 Å². The number of nitrogens with zero attached hydrogens (tertiary/aromatic N) is 4. The maximum Gasteiger partial charge on any atom is 0.410 e. The molecule has 23 heavy (non-hydrogen) atoms. The van der Waals surface area contributed by atoms with Crippen LogP contribution in [0.5, 0.6) is 0 Å². The summed E-state index contributed by atoms with van der Waals surface area (Å²) in [4.78, 5) is 26.8. The summed E-state index contributed by atoms with van der Waals surface area (Å²) < 4.78 is 5.31. The number of amides is 1. The molecule has 0 radical (unpaired) electrons. The van der Waals surface area contributed by atoms with Gasteiger partial charge in [0.25, 0.3) is 0 Å². The van der Waals surface area contributed by atoms with Crippen LogP contribution in [-0.4, -0.2) is 63.5 Å². The van der Waals surface area contributed by atoms with Crippen molar-refractivity contribution in [3.05, 3.63) is 17.8 Å². The molecule has 126 valence electrons. The highest BCUT2D eigenvalue weighted by Gasteiger charge is 2.36. The number of piperazine rings is 1. The zero-order chi connectivity index (χ0) is 17.2. The fourth-order valence-electron chi connectivity index (χ4n) is 2.31. The second-order valence-electron chi connectivity index (χ2n) is 6.51. The monoisotopic (exact) mass is 322 g/mol. The van der Waals surface area contributed by atoms with Crippen molar-refractivity contribution in [3.63, 3.8) is 0 Å². The summed E-state index contributed by atoms with van der Waals surface area (Å²) in [6.07, 6.45) is -0.501. The lowest BCUT2D eigenvalue weighted by molar-refractivity contribution is -0.139. The molecule has 0 bridgehead atoms. The first-order chi connectivity index (χ1) is 10.7. The van der Waals surface area contributed by atoms with Crippen LogP contribution in [0.15, 0.2) is 12.1 Å². The summed E-state index contributed by atoms with van der Waals surface area (Å²) >= 11 is 0. The molecule has 8 nitrogen and oxygen atoms in total. The van der Waals surface area contributed by atoms with Crippen molar-refractivity contribution in [1.29, 1.82) is 0 Å². The van der Waals surface area contributed by atoms with Gasteiger partial charge >= 0.3 is 12.1 Å². The van der Waals surface area contributed by atoms with Crippen LogP contribution < -0.4 is 4.90 Å². The van der Waals surface area contributed by atoms with E-state index < -0.39 is 23.7 Å². The van der Waals surface area contributed by atoms with Crippen molar-refractivity contribution in [1.82, 2.24) is 15.1 Å². The third-order valence-electron chi connectivity index (χ3n) is 3.40. The van der Waals surface area contributed by atoms with Crippen LogP contribution in [0.25, 0.3) is 0 Å². The highest BCUT2D eigenvalue weighted by atomic mass is 16.6. The number of aryl methyl sites for hydroxylation is 1. The van der Waals surface area contributed by atoms with Crippen LogP contribution in [-0.2, 0) is 9.53 Å². The molecule has 0 aromatic carbocycles. The van der Waals surface area contributed by atoms with Crippen LogP contribution >= 0.6 is 0 Å². The topological polar surface area (TPSA) is 95.9 Å². The molecule has 2 heterocycles. The van der Waals surface area contributed by atoms with Gasteiger partial charge in [0.15, 0.2) is 5.82 Å². The fourth-order valence-corrected chi connectivity index (χ4v) is 2.31. The molecule has 1 N–H and O–H groups in total. The number of carboxylic acids is 1. The van der Waals surface area contributed by atoms with E-state index in [1.165, 1.54) is 4.90 Å². The van der Waals surface area contributed by atoms with Gasteiger partial charge in [0.1, 0.15) is 11.6 Å². The van der Waals surface area contributed by atoms with Gasteiger partial charge in [0.05, 0.1) is 12.2 Å². The van der Waals surface area contributed by atoms with Gasteiger partial charge < -0.3 is 19.6 Å². The van der Waals surface area contributed by atoms with Crippen LogP contribution in [0.2, 0.25) is 0 Å². The minimum atomic E-state index is -1.01. The van der Waals surface area contributed by atoms with E-state index in [1.54, 1.807) is 37.8 Å². The van der Waals surface area contributed by atoms with Crippen molar-refractivity contribution in [3.8, 4) is 0 Å². The summed E-state index contributed by atoms with van der Waals surface area (Å²) in [5, 5.41) is 17.5. The predicted molar refractivity (Wildman–Crippen MR) is 83.3 cm³/mol. The summed E-state index contributed by atoms with van der Waals surface area (Å²) in [6.45, 7) is 7.90. The highest BCUT2D eigenvalue weighted by Crippen LogP contribution is 2.20. The van der Waals surface area contributed by atoms with Gasteiger partial charge in [0.2, 0.25) is 0 Å². The molecule has 0 saturated carbocycles. The number of ether oxygens (including phenoxy) is 1. The number of carbonyl (C=O) groups excluding carboxylic acids is 1. The Morgan fingerprint density at radius 2 is 1.96 bits per heavy atom. The first-order valence-electron chi connectivity index (χ1n) is 7.45. The predicted octanol–water partition coefficient (Wildman–Crippen LogP) is 1.30.